The van der Waals surface area contributed by atoms with Gasteiger partial charge in [0.05, 0.1) is 5.69 Å². The van der Waals surface area contributed by atoms with Crippen LogP contribution in [0.1, 0.15) is 97.3 Å². The van der Waals surface area contributed by atoms with Crippen LogP contribution >= 0.6 is 0 Å². The van der Waals surface area contributed by atoms with E-state index in [1.54, 1.807) is 44.6 Å². The maximum Gasteiger partial charge on any atom is 0.251 e. The number of amides is 2. The van der Waals surface area contributed by atoms with Gasteiger partial charge in [-0.25, -0.2) is 15.0 Å². The van der Waals surface area contributed by atoms with Gasteiger partial charge in [-0.2, -0.15) is 10.5 Å². The molecule has 296 valence electrons. The Morgan fingerprint density at radius 2 is 1.20 bits per heavy atom. The lowest BCUT2D eigenvalue weighted by Crippen LogP contribution is -2.31. The van der Waals surface area contributed by atoms with E-state index in [1.165, 1.54) is 0 Å². The first-order chi connectivity index (χ1) is 26.2. The van der Waals surface area contributed by atoms with Gasteiger partial charge in [0, 0.05) is 76.4 Å². The predicted octanol–water partition coefficient (Wildman–Crippen LogP) is 7.65. The molecule has 2 amide bonds. The topological polar surface area (TPSA) is 175 Å². The molecule has 56 heavy (non-hydrogen) atoms. The standard InChI is InChI=1S/C22H30N6O.C21H27N5O/c1-8-18-26-19(16(12-23)20(27-18)28(7)13-22(3,4)5)25-17-11-15(21(29)24-6)10-9-14(17)2;1-14-7-8-15(20(27)23-5)11-17(14)25-19-16(12-22)18(9-10-24-19)26(6)13-21(2,3)4/h9-11H,8,13H2,1-7H3,(H,24,29)(H,25,26,27);7-11H,13H2,1-6H3,(H,23,27)(H,24,25). The van der Waals surface area contributed by atoms with Crippen LogP contribution in [0.3, 0.4) is 0 Å². The van der Waals surface area contributed by atoms with Gasteiger partial charge < -0.3 is 31.1 Å². The van der Waals surface area contributed by atoms with Crippen molar-refractivity contribution in [3.8, 4) is 12.1 Å². The zero-order valence-corrected chi connectivity index (χ0v) is 35.2. The molecule has 0 aliphatic carbocycles. The number of hydrogen-bond donors (Lipinski definition) is 4. The molecule has 0 bridgehead atoms. The highest BCUT2D eigenvalue weighted by Crippen LogP contribution is 2.31. The third kappa shape index (κ3) is 11.9. The maximum atomic E-state index is 12.0. The maximum absolute atomic E-state index is 12.0. The quantitative estimate of drug-likeness (QED) is 0.118. The van der Waals surface area contributed by atoms with Crippen molar-refractivity contribution in [2.45, 2.75) is 68.7 Å². The Morgan fingerprint density at radius 1 is 0.714 bits per heavy atom. The third-order valence-corrected chi connectivity index (χ3v) is 8.56. The van der Waals surface area contributed by atoms with E-state index in [-0.39, 0.29) is 22.6 Å². The minimum Gasteiger partial charge on any atom is -0.373 e. The molecule has 4 N–H and O–H groups in total. The zero-order chi connectivity index (χ0) is 42.0. The SMILES string of the molecule is CCc1nc(Nc2cc(C(=O)NC)ccc2C)c(C#N)c(N(C)CC(C)(C)C)n1.CNC(=O)c1ccc(C)c(Nc2nccc(N(C)CC(C)(C)C)c2C#N)c1. The van der Waals surface area contributed by atoms with Gasteiger partial charge in [0.1, 0.15) is 34.9 Å². The van der Waals surface area contributed by atoms with Gasteiger partial charge in [0.15, 0.2) is 11.6 Å². The molecule has 2 aromatic carbocycles. The highest BCUT2D eigenvalue weighted by molar-refractivity contribution is 5.96. The van der Waals surface area contributed by atoms with Crippen LogP contribution in [-0.4, -0.2) is 68.0 Å². The fourth-order valence-electron chi connectivity index (χ4n) is 6.02. The lowest BCUT2D eigenvalue weighted by molar-refractivity contribution is 0.0955. The van der Waals surface area contributed by atoms with Gasteiger partial charge in [-0.15, -0.1) is 0 Å². The second-order valence-electron chi connectivity index (χ2n) is 16.1. The first-order valence-electron chi connectivity index (χ1n) is 18.6. The fraction of sp³-hybridized carbons (Fsp3) is 0.419. The molecule has 4 aromatic rings. The van der Waals surface area contributed by atoms with Crippen LogP contribution in [0.15, 0.2) is 48.7 Å². The van der Waals surface area contributed by atoms with Crippen molar-refractivity contribution in [3.63, 3.8) is 0 Å². The van der Waals surface area contributed by atoms with E-state index in [0.717, 1.165) is 41.3 Å². The van der Waals surface area contributed by atoms with Crippen LogP contribution in [0.2, 0.25) is 0 Å². The number of nitrogens with zero attached hydrogens (tertiary/aromatic N) is 7. The normalized spacial score (nSPS) is 10.9. The molecule has 0 saturated heterocycles. The Balaban J connectivity index is 0.000000301. The number of aryl methyl sites for hydroxylation is 3. The highest BCUT2D eigenvalue weighted by atomic mass is 16.2. The van der Waals surface area contributed by atoms with Crippen molar-refractivity contribution in [1.82, 2.24) is 25.6 Å². The van der Waals surface area contributed by atoms with E-state index >= 15 is 0 Å². The molecule has 0 unspecified atom stereocenters. The van der Waals surface area contributed by atoms with Crippen LogP contribution in [0, 0.1) is 47.3 Å². The first kappa shape index (κ1) is 44.2. The average molecular weight is 760 g/mol. The third-order valence-electron chi connectivity index (χ3n) is 8.56. The number of pyridine rings is 1. The molecule has 2 aromatic heterocycles. The van der Waals surface area contributed by atoms with Gasteiger partial charge in [0.25, 0.3) is 11.8 Å². The second kappa shape index (κ2) is 18.9. The summed E-state index contributed by atoms with van der Waals surface area (Å²) >= 11 is 0. The number of hydrogen-bond acceptors (Lipinski definition) is 11. The summed E-state index contributed by atoms with van der Waals surface area (Å²) in [6.45, 7) is 20.3. The molecule has 0 saturated carbocycles. The number of nitrogens with one attached hydrogen (secondary N) is 4. The molecule has 4 rings (SSSR count). The van der Waals surface area contributed by atoms with Crippen molar-refractivity contribution >= 4 is 46.3 Å². The summed E-state index contributed by atoms with van der Waals surface area (Å²) in [5, 5.41) is 31.4. The van der Waals surface area contributed by atoms with E-state index in [0.29, 0.717) is 52.0 Å². The lowest BCUT2D eigenvalue weighted by Gasteiger charge is -2.29. The number of rotatable bonds is 11. The smallest absolute Gasteiger partial charge is 0.251 e. The molecule has 0 spiro atoms. The molecular weight excluding hydrogens is 703 g/mol. The van der Waals surface area contributed by atoms with Gasteiger partial charge in [-0.05, 0) is 66.1 Å². The van der Waals surface area contributed by atoms with Crippen molar-refractivity contribution < 1.29 is 9.59 Å². The second-order valence-corrected chi connectivity index (χ2v) is 16.1. The number of nitriles is 2. The predicted molar refractivity (Wildman–Crippen MR) is 226 cm³/mol. The summed E-state index contributed by atoms with van der Waals surface area (Å²) in [6.07, 6.45) is 2.34. The summed E-state index contributed by atoms with van der Waals surface area (Å²) < 4.78 is 0. The van der Waals surface area contributed by atoms with E-state index in [2.05, 4.69) is 94.8 Å². The number of carbonyl (C=O) groups excluding carboxylic acids is 2. The summed E-state index contributed by atoms with van der Waals surface area (Å²) in [5.41, 5.74) is 6.30. The molecule has 2 heterocycles. The van der Waals surface area contributed by atoms with Crippen LogP contribution in [0.5, 0.6) is 0 Å². The molecule has 13 heteroatoms. The van der Waals surface area contributed by atoms with Crippen molar-refractivity contribution in [3.05, 3.63) is 87.9 Å². The number of benzene rings is 2. The average Bonchev–Trinajstić information content (AvgIpc) is 3.14. The largest absolute Gasteiger partial charge is 0.373 e. The van der Waals surface area contributed by atoms with Crippen molar-refractivity contribution in [1.29, 1.82) is 10.5 Å². The highest BCUT2D eigenvalue weighted by Gasteiger charge is 2.23. The van der Waals surface area contributed by atoms with E-state index < -0.39 is 0 Å². The van der Waals surface area contributed by atoms with Crippen LogP contribution in [0.25, 0.3) is 0 Å². The molecule has 0 aliphatic heterocycles. The summed E-state index contributed by atoms with van der Waals surface area (Å²) in [4.78, 5) is 41.5. The van der Waals surface area contributed by atoms with Crippen LogP contribution in [-0.2, 0) is 6.42 Å². The number of anilines is 6. The fourth-order valence-corrected chi connectivity index (χ4v) is 6.02. The van der Waals surface area contributed by atoms with Crippen molar-refractivity contribution in [2.75, 3.05) is 61.7 Å². The van der Waals surface area contributed by atoms with Gasteiger partial charge in [-0.1, -0.05) is 60.6 Å². The van der Waals surface area contributed by atoms with E-state index in [9.17, 15) is 20.1 Å². The Hall–Kier alpha value is -6.21. The summed E-state index contributed by atoms with van der Waals surface area (Å²) in [7, 11) is 7.11. The Labute approximate surface area is 332 Å². The molecule has 13 nitrogen and oxygen atoms in total. The molecular formula is C43H57N11O2. The molecule has 0 aliphatic rings. The Bertz CT molecular complexity index is 2120. The Morgan fingerprint density at radius 3 is 1.64 bits per heavy atom. The van der Waals surface area contributed by atoms with Crippen LogP contribution < -0.4 is 31.1 Å². The molecule has 0 fully saturated rings. The summed E-state index contributed by atoms with van der Waals surface area (Å²) in [5.74, 6) is 1.86. The van der Waals surface area contributed by atoms with Gasteiger partial charge in [-0.3, -0.25) is 9.59 Å². The van der Waals surface area contributed by atoms with Crippen molar-refractivity contribution in [2.24, 2.45) is 10.8 Å². The van der Waals surface area contributed by atoms with Gasteiger partial charge >= 0.3 is 0 Å². The van der Waals surface area contributed by atoms with E-state index in [4.69, 9.17) is 0 Å². The van der Waals surface area contributed by atoms with Crippen LogP contribution in [0.4, 0.5) is 34.5 Å². The minimum atomic E-state index is -0.170. The minimum absolute atomic E-state index is 0.0465. The summed E-state index contributed by atoms with van der Waals surface area (Å²) in [6, 6.07) is 17.2. The van der Waals surface area contributed by atoms with E-state index in [1.807, 2.05) is 58.0 Å². The monoisotopic (exact) mass is 759 g/mol. The first-order valence-corrected chi connectivity index (χ1v) is 18.6. The lowest BCUT2D eigenvalue weighted by atomic mass is 9.96. The Kier molecular flexibility index (Phi) is 14.9. The zero-order valence-electron chi connectivity index (χ0n) is 35.2. The molecule has 0 radical (unpaired) electrons. The number of carbonyl (C=O) groups is 2. The van der Waals surface area contributed by atoms with Gasteiger partial charge in [0.2, 0.25) is 0 Å². The number of aromatic nitrogens is 3. The molecule has 0 atom stereocenters.